The number of alkyl halides is 1. The molecule has 1 fully saturated rings. The van der Waals surface area contributed by atoms with E-state index in [1.54, 1.807) is 0 Å². The minimum absolute atomic E-state index is 0.00291. The van der Waals surface area contributed by atoms with Gasteiger partial charge in [-0.3, -0.25) is 0 Å². The van der Waals surface area contributed by atoms with Crippen LogP contribution in [0.15, 0.2) is 18.2 Å². The van der Waals surface area contributed by atoms with E-state index >= 15 is 0 Å². The summed E-state index contributed by atoms with van der Waals surface area (Å²) in [5, 5.41) is 0. The number of benzene rings is 1. The second-order valence-electron chi connectivity index (χ2n) is 5.23. The molecule has 102 valence electrons. The number of aryl methyl sites for hydroxylation is 1. The van der Waals surface area contributed by atoms with Gasteiger partial charge in [-0.25, -0.2) is 4.98 Å². The van der Waals surface area contributed by atoms with Crippen molar-refractivity contribution in [3.63, 3.8) is 0 Å². The maximum absolute atomic E-state index is 5.93. The normalized spacial score (nSPS) is 23.3. The summed E-state index contributed by atoms with van der Waals surface area (Å²) in [6.45, 7) is 3.82. The van der Waals surface area contributed by atoms with Crippen molar-refractivity contribution in [2.24, 2.45) is 0 Å². The van der Waals surface area contributed by atoms with E-state index in [1.807, 2.05) is 0 Å². The van der Waals surface area contributed by atoms with E-state index in [-0.39, 0.29) is 5.54 Å². The van der Waals surface area contributed by atoms with Gasteiger partial charge in [-0.05, 0) is 54.1 Å². The lowest BCUT2D eigenvalue weighted by Crippen LogP contribution is -2.32. The van der Waals surface area contributed by atoms with Crippen molar-refractivity contribution in [2.75, 3.05) is 19.1 Å². The predicted octanol–water partition coefficient (Wildman–Crippen LogP) is 3.56. The van der Waals surface area contributed by atoms with Gasteiger partial charge in [-0.15, -0.1) is 11.6 Å². The molecule has 0 amide bonds. The summed E-state index contributed by atoms with van der Waals surface area (Å²) in [6.07, 6.45) is 1.82. The Kier molecular flexibility index (Phi) is 3.75. The second kappa shape index (κ2) is 5.22. The van der Waals surface area contributed by atoms with Gasteiger partial charge in [-0.2, -0.15) is 0 Å². The number of hydrogen-bond donors (Lipinski definition) is 0. The molecule has 0 aliphatic carbocycles. The molecular formula is C14H16ClIN2O. The minimum atomic E-state index is 0.00291. The van der Waals surface area contributed by atoms with Gasteiger partial charge < -0.3 is 9.30 Å². The summed E-state index contributed by atoms with van der Waals surface area (Å²) in [5.74, 6) is 1.66. The highest BCUT2D eigenvalue weighted by Crippen LogP contribution is 2.33. The van der Waals surface area contributed by atoms with Crippen LogP contribution in [0, 0.1) is 3.57 Å². The van der Waals surface area contributed by atoms with Crippen molar-refractivity contribution >= 4 is 45.2 Å². The molecule has 19 heavy (non-hydrogen) atoms. The third kappa shape index (κ3) is 2.38. The summed E-state index contributed by atoms with van der Waals surface area (Å²) >= 11 is 8.25. The number of imidazole rings is 1. The fourth-order valence-corrected chi connectivity index (χ4v) is 3.43. The molecule has 2 heterocycles. The van der Waals surface area contributed by atoms with Gasteiger partial charge >= 0.3 is 0 Å². The van der Waals surface area contributed by atoms with Crippen LogP contribution in [0.2, 0.25) is 0 Å². The number of aromatic nitrogens is 2. The van der Waals surface area contributed by atoms with Crippen molar-refractivity contribution in [3.05, 3.63) is 27.6 Å². The Morgan fingerprint density at radius 2 is 2.37 bits per heavy atom. The van der Waals surface area contributed by atoms with Crippen LogP contribution in [0.25, 0.3) is 11.0 Å². The maximum atomic E-state index is 5.93. The molecule has 1 aromatic carbocycles. The number of halogens is 2. The highest BCUT2D eigenvalue weighted by molar-refractivity contribution is 14.1. The van der Waals surface area contributed by atoms with Crippen LogP contribution in [0.3, 0.4) is 0 Å². The summed E-state index contributed by atoms with van der Waals surface area (Å²) in [6, 6.07) is 6.42. The zero-order valence-electron chi connectivity index (χ0n) is 10.8. The van der Waals surface area contributed by atoms with Crippen molar-refractivity contribution in [1.82, 2.24) is 9.55 Å². The lowest BCUT2D eigenvalue weighted by atomic mass is 10.0. The first-order chi connectivity index (χ1) is 9.14. The van der Waals surface area contributed by atoms with Crippen LogP contribution in [-0.2, 0) is 16.7 Å². The lowest BCUT2D eigenvalue weighted by molar-refractivity contribution is 0.162. The van der Waals surface area contributed by atoms with E-state index in [1.165, 1.54) is 9.09 Å². The largest absolute Gasteiger partial charge is 0.379 e. The monoisotopic (exact) mass is 390 g/mol. The Hall–Kier alpha value is -0.330. The minimum Gasteiger partial charge on any atom is -0.379 e. The van der Waals surface area contributed by atoms with Gasteiger partial charge in [0.1, 0.15) is 5.82 Å². The highest BCUT2D eigenvalue weighted by Gasteiger charge is 2.34. The molecule has 1 atom stereocenters. The summed E-state index contributed by atoms with van der Waals surface area (Å²) in [4.78, 5) is 4.77. The molecule has 3 nitrogen and oxygen atoms in total. The first kappa shape index (κ1) is 13.6. The SMILES string of the molecule is CC1(n2c(CCCl)nc3cc(I)ccc32)CCOC1. The molecule has 1 aromatic heterocycles. The molecule has 3 rings (SSSR count). The van der Waals surface area contributed by atoms with Crippen molar-refractivity contribution in [3.8, 4) is 0 Å². The number of fused-ring (bicyclic) bond motifs is 1. The molecule has 1 saturated heterocycles. The van der Waals surface area contributed by atoms with Crippen LogP contribution in [0.5, 0.6) is 0 Å². The summed E-state index contributed by atoms with van der Waals surface area (Å²) in [7, 11) is 0. The molecule has 1 aliphatic heterocycles. The fourth-order valence-electron chi connectivity index (χ4n) is 2.79. The lowest BCUT2D eigenvalue weighted by Gasteiger charge is -2.27. The maximum Gasteiger partial charge on any atom is 0.111 e. The molecule has 5 heteroatoms. The average Bonchev–Trinajstić information content (AvgIpc) is 2.93. The molecule has 0 bridgehead atoms. The van der Waals surface area contributed by atoms with Crippen LogP contribution in [-0.4, -0.2) is 28.6 Å². The zero-order valence-corrected chi connectivity index (χ0v) is 13.7. The predicted molar refractivity (Wildman–Crippen MR) is 86.0 cm³/mol. The van der Waals surface area contributed by atoms with Gasteiger partial charge in [0, 0.05) is 22.5 Å². The third-order valence-electron chi connectivity index (χ3n) is 3.74. The van der Waals surface area contributed by atoms with E-state index in [9.17, 15) is 0 Å². The molecule has 0 saturated carbocycles. The van der Waals surface area contributed by atoms with E-state index in [2.05, 4.69) is 52.3 Å². The average molecular weight is 391 g/mol. The second-order valence-corrected chi connectivity index (χ2v) is 6.86. The van der Waals surface area contributed by atoms with E-state index in [0.29, 0.717) is 5.88 Å². The van der Waals surface area contributed by atoms with E-state index in [4.69, 9.17) is 21.3 Å². The van der Waals surface area contributed by atoms with Crippen LogP contribution < -0.4 is 0 Å². The van der Waals surface area contributed by atoms with Gasteiger partial charge in [0.2, 0.25) is 0 Å². The molecule has 2 aromatic rings. The molecule has 1 unspecified atom stereocenters. The topological polar surface area (TPSA) is 27.1 Å². The van der Waals surface area contributed by atoms with E-state index in [0.717, 1.165) is 37.4 Å². The quantitative estimate of drug-likeness (QED) is 0.592. The van der Waals surface area contributed by atoms with Gasteiger partial charge in [0.25, 0.3) is 0 Å². The Morgan fingerprint density at radius 1 is 1.53 bits per heavy atom. The number of hydrogen-bond acceptors (Lipinski definition) is 2. The fraction of sp³-hybridized carbons (Fsp3) is 0.500. The Labute approximate surface area is 131 Å². The van der Waals surface area contributed by atoms with Crippen LogP contribution in [0.4, 0.5) is 0 Å². The molecule has 0 radical (unpaired) electrons. The highest BCUT2D eigenvalue weighted by atomic mass is 127. The van der Waals surface area contributed by atoms with Crippen molar-refractivity contribution in [1.29, 1.82) is 0 Å². The third-order valence-corrected chi connectivity index (χ3v) is 4.60. The zero-order chi connectivity index (χ0) is 13.5. The smallest absolute Gasteiger partial charge is 0.111 e. The van der Waals surface area contributed by atoms with Crippen LogP contribution >= 0.6 is 34.2 Å². The molecule has 0 spiro atoms. The molecular weight excluding hydrogens is 375 g/mol. The Morgan fingerprint density at radius 3 is 3.05 bits per heavy atom. The Bertz CT molecular complexity index is 605. The van der Waals surface area contributed by atoms with Crippen molar-refractivity contribution < 1.29 is 4.74 Å². The molecule has 1 aliphatic rings. The van der Waals surface area contributed by atoms with Crippen molar-refractivity contribution in [2.45, 2.75) is 25.3 Å². The number of ether oxygens (including phenoxy) is 1. The number of nitrogens with zero attached hydrogens (tertiary/aromatic N) is 2. The first-order valence-corrected chi connectivity index (χ1v) is 8.06. The van der Waals surface area contributed by atoms with Gasteiger partial charge in [-0.1, -0.05) is 0 Å². The van der Waals surface area contributed by atoms with E-state index < -0.39 is 0 Å². The molecule has 0 N–H and O–H groups in total. The van der Waals surface area contributed by atoms with Crippen LogP contribution in [0.1, 0.15) is 19.2 Å². The summed E-state index contributed by atoms with van der Waals surface area (Å²) < 4.78 is 9.16. The van der Waals surface area contributed by atoms with Gasteiger partial charge in [0.05, 0.1) is 23.2 Å². The number of rotatable bonds is 3. The Balaban J connectivity index is 2.21. The first-order valence-electron chi connectivity index (χ1n) is 6.45. The van der Waals surface area contributed by atoms with Gasteiger partial charge in [0.15, 0.2) is 0 Å². The standard InChI is InChI=1S/C14H16ClIN2O/c1-14(5-7-19-9-14)18-12-3-2-10(16)8-11(12)17-13(18)4-6-15/h2-3,8H,4-7,9H2,1H3. The summed E-state index contributed by atoms with van der Waals surface area (Å²) in [5.41, 5.74) is 2.25.